The lowest BCUT2D eigenvalue weighted by molar-refractivity contribution is -0.138. The monoisotopic (exact) mass is 429 g/mol. The molecule has 0 aromatic heterocycles. The maximum atomic E-state index is 13.2. The minimum Gasteiger partial charge on any atom is -0.493 e. The van der Waals surface area contributed by atoms with Crippen LogP contribution in [0.5, 0.6) is 5.75 Å². The smallest absolute Gasteiger partial charge is 0.336 e. The first-order valence-corrected chi connectivity index (χ1v) is 11.9. The molecule has 1 aliphatic carbocycles. The number of carbonyl (C=O) groups excluding carboxylic acids is 2. The lowest BCUT2D eigenvalue weighted by Crippen LogP contribution is -2.34. The summed E-state index contributed by atoms with van der Waals surface area (Å²) in [6.07, 6.45) is 3.02. The van der Waals surface area contributed by atoms with E-state index in [2.05, 4.69) is 19.2 Å². The van der Waals surface area contributed by atoms with Gasteiger partial charge in [0.1, 0.15) is 12.4 Å². The summed E-state index contributed by atoms with van der Waals surface area (Å²) in [5.74, 6) is 1.73. The lowest BCUT2D eigenvalue weighted by Gasteiger charge is -2.34. The van der Waals surface area contributed by atoms with Gasteiger partial charge < -0.3 is 14.8 Å². The van der Waals surface area contributed by atoms with Crippen molar-refractivity contribution in [2.75, 3.05) is 24.7 Å². The molecule has 1 aromatic carbocycles. The topological polar surface area (TPSA) is 64.6 Å². The molecule has 1 atom stereocenters. The number of allylic oxidation sites excluding steroid dienone is 3. The summed E-state index contributed by atoms with van der Waals surface area (Å²) in [5.41, 5.74) is 3.74. The van der Waals surface area contributed by atoms with Crippen LogP contribution in [0.3, 0.4) is 0 Å². The number of rotatable bonds is 9. The number of dihydropyridines is 1. The average Bonchev–Trinajstić information content (AvgIpc) is 2.74. The molecular formula is C24H31NO4S. The third-order valence-corrected chi connectivity index (χ3v) is 6.22. The highest BCUT2D eigenvalue weighted by atomic mass is 32.2. The Morgan fingerprint density at radius 2 is 2.00 bits per heavy atom. The molecule has 162 valence electrons. The highest BCUT2D eigenvalue weighted by molar-refractivity contribution is 7.99. The zero-order valence-corrected chi connectivity index (χ0v) is 18.9. The summed E-state index contributed by atoms with van der Waals surface area (Å²) in [4.78, 5) is 26.2. The number of hydrogen-bond donors (Lipinski definition) is 1. The number of para-hydroxylation sites is 1. The number of nitrogens with one attached hydrogen (secondary N) is 1. The van der Waals surface area contributed by atoms with Crippen molar-refractivity contribution in [1.82, 2.24) is 5.32 Å². The Bertz CT molecular complexity index is 859. The molecule has 0 saturated carbocycles. The van der Waals surface area contributed by atoms with Crippen LogP contribution in [0, 0.1) is 0 Å². The number of hydrogen-bond acceptors (Lipinski definition) is 6. The summed E-state index contributed by atoms with van der Waals surface area (Å²) >= 11 is 1.73. The summed E-state index contributed by atoms with van der Waals surface area (Å²) in [6.45, 7) is 6.96. The number of benzene rings is 1. The minimum absolute atomic E-state index is 0.0957. The van der Waals surface area contributed by atoms with E-state index >= 15 is 0 Å². The molecule has 0 radical (unpaired) electrons. The van der Waals surface area contributed by atoms with E-state index in [9.17, 15) is 9.59 Å². The molecule has 0 saturated heterocycles. The predicted molar refractivity (Wildman–Crippen MR) is 121 cm³/mol. The minimum atomic E-state index is -0.464. The van der Waals surface area contributed by atoms with Crippen LogP contribution >= 0.6 is 11.8 Å². The summed E-state index contributed by atoms with van der Waals surface area (Å²) < 4.78 is 11.6. The zero-order valence-electron chi connectivity index (χ0n) is 18.1. The van der Waals surface area contributed by atoms with E-state index in [1.54, 1.807) is 11.8 Å². The van der Waals surface area contributed by atoms with Crippen LogP contribution in [0.25, 0.3) is 0 Å². The summed E-state index contributed by atoms with van der Waals surface area (Å²) in [7, 11) is 0. The summed E-state index contributed by atoms with van der Waals surface area (Å²) in [6, 6.07) is 7.72. The molecule has 0 spiro atoms. The number of esters is 1. The van der Waals surface area contributed by atoms with Gasteiger partial charge in [0, 0.05) is 34.7 Å². The van der Waals surface area contributed by atoms with Crippen molar-refractivity contribution in [2.45, 2.75) is 52.4 Å². The van der Waals surface area contributed by atoms with E-state index in [0.29, 0.717) is 30.8 Å². The van der Waals surface area contributed by atoms with Gasteiger partial charge in [-0.2, -0.15) is 11.8 Å². The highest BCUT2D eigenvalue weighted by Gasteiger charge is 2.40. The first kappa shape index (κ1) is 22.5. The SMILES string of the molecule is CCCOc1ccccc1[C@H]1C(C(=O)OCCSCC)=C(C)NC2=C1C(=O)CCC2. The fourth-order valence-electron chi connectivity index (χ4n) is 4.04. The molecule has 2 aliphatic rings. The molecule has 0 amide bonds. The Hall–Kier alpha value is -2.21. The van der Waals surface area contributed by atoms with Gasteiger partial charge in [-0.25, -0.2) is 4.79 Å². The molecule has 30 heavy (non-hydrogen) atoms. The van der Waals surface area contributed by atoms with E-state index in [0.717, 1.165) is 53.5 Å². The molecule has 1 aliphatic heterocycles. The van der Waals surface area contributed by atoms with Gasteiger partial charge in [-0.15, -0.1) is 0 Å². The van der Waals surface area contributed by atoms with Gasteiger partial charge in [-0.05, 0) is 38.0 Å². The number of Topliss-reactive ketones (excluding diaryl/α,β-unsaturated/α-hetero) is 1. The molecule has 0 fully saturated rings. The first-order valence-electron chi connectivity index (χ1n) is 10.8. The van der Waals surface area contributed by atoms with E-state index in [4.69, 9.17) is 9.47 Å². The Balaban J connectivity index is 2.03. The van der Waals surface area contributed by atoms with E-state index < -0.39 is 5.92 Å². The second kappa shape index (κ2) is 10.7. The van der Waals surface area contributed by atoms with Crippen molar-refractivity contribution in [3.63, 3.8) is 0 Å². The van der Waals surface area contributed by atoms with E-state index in [-0.39, 0.29) is 11.8 Å². The average molecular weight is 430 g/mol. The maximum absolute atomic E-state index is 13.2. The van der Waals surface area contributed by atoms with Crippen LogP contribution in [0.2, 0.25) is 0 Å². The Kier molecular flexibility index (Phi) is 8.02. The first-order chi connectivity index (χ1) is 14.6. The Labute approximate surface area is 183 Å². The summed E-state index contributed by atoms with van der Waals surface area (Å²) in [5, 5.41) is 3.34. The Morgan fingerprint density at radius 3 is 2.77 bits per heavy atom. The quantitative estimate of drug-likeness (QED) is 0.452. The van der Waals surface area contributed by atoms with Gasteiger partial charge in [0.25, 0.3) is 0 Å². The van der Waals surface area contributed by atoms with Crippen molar-refractivity contribution >= 4 is 23.5 Å². The number of thioether (sulfide) groups is 1. The fraction of sp³-hybridized carbons (Fsp3) is 0.500. The molecule has 5 nitrogen and oxygen atoms in total. The highest BCUT2D eigenvalue weighted by Crippen LogP contribution is 2.45. The van der Waals surface area contributed by atoms with Gasteiger partial charge in [-0.1, -0.05) is 32.0 Å². The number of ketones is 1. The van der Waals surface area contributed by atoms with Crippen molar-refractivity contribution in [3.8, 4) is 5.75 Å². The second-order valence-electron chi connectivity index (χ2n) is 7.48. The lowest BCUT2D eigenvalue weighted by atomic mass is 9.75. The Morgan fingerprint density at radius 1 is 1.20 bits per heavy atom. The van der Waals surface area contributed by atoms with Gasteiger partial charge in [-0.3, -0.25) is 4.79 Å². The van der Waals surface area contributed by atoms with Gasteiger partial charge in [0.15, 0.2) is 5.78 Å². The number of carbonyl (C=O) groups is 2. The normalized spacial score (nSPS) is 18.8. The van der Waals surface area contributed by atoms with Crippen LogP contribution < -0.4 is 10.1 Å². The maximum Gasteiger partial charge on any atom is 0.336 e. The van der Waals surface area contributed by atoms with Crippen LogP contribution in [-0.4, -0.2) is 36.5 Å². The largest absolute Gasteiger partial charge is 0.493 e. The molecule has 3 rings (SSSR count). The van der Waals surface area contributed by atoms with Crippen molar-refractivity contribution in [2.24, 2.45) is 0 Å². The van der Waals surface area contributed by atoms with Crippen molar-refractivity contribution in [3.05, 3.63) is 52.4 Å². The van der Waals surface area contributed by atoms with Crippen LogP contribution in [-0.2, 0) is 14.3 Å². The second-order valence-corrected chi connectivity index (χ2v) is 8.88. The zero-order chi connectivity index (χ0) is 21.5. The third-order valence-electron chi connectivity index (χ3n) is 5.35. The van der Waals surface area contributed by atoms with Crippen molar-refractivity contribution < 1.29 is 19.1 Å². The van der Waals surface area contributed by atoms with Gasteiger partial charge >= 0.3 is 5.97 Å². The molecular weight excluding hydrogens is 398 g/mol. The van der Waals surface area contributed by atoms with Crippen LogP contribution in [0.1, 0.15) is 57.9 Å². The van der Waals surface area contributed by atoms with Crippen molar-refractivity contribution in [1.29, 1.82) is 0 Å². The molecule has 1 heterocycles. The molecule has 1 aromatic rings. The van der Waals surface area contributed by atoms with Crippen LogP contribution in [0.4, 0.5) is 0 Å². The molecule has 6 heteroatoms. The van der Waals surface area contributed by atoms with Crippen LogP contribution in [0.15, 0.2) is 46.8 Å². The van der Waals surface area contributed by atoms with Gasteiger partial charge in [0.2, 0.25) is 0 Å². The fourth-order valence-corrected chi connectivity index (χ4v) is 4.53. The molecule has 0 bridgehead atoms. The van der Waals surface area contributed by atoms with Gasteiger partial charge in [0.05, 0.1) is 18.1 Å². The molecule has 0 unspecified atom stereocenters. The predicted octanol–water partition coefficient (Wildman–Crippen LogP) is 4.74. The molecule has 1 N–H and O–H groups in total. The van der Waals surface area contributed by atoms with E-state index in [1.165, 1.54) is 0 Å². The third kappa shape index (κ3) is 4.91. The standard InChI is InChI=1S/C24H31NO4S/c1-4-13-28-20-12-7-6-9-17(20)22-21(24(27)29-14-15-30-5-2)16(3)25-18-10-8-11-19(26)23(18)22/h6-7,9,12,22,25H,4-5,8,10-11,13-15H2,1-3H3/t22-/m0/s1. The van der Waals surface area contributed by atoms with E-state index in [1.807, 2.05) is 31.2 Å². The number of ether oxygens (including phenoxy) is 2.